The summed E-state index contributed by atoms with van der Waals surface area (Å²) in [5, 5.41) is 0. The van der Waals surface area contributed by atoms with Crippen LogP contribution in [-0.2, 0) is 4.57 Å². The van der Waals surface area contributed by atoms with Crippen molar-refractivity contribution in [1.82, 2.24) is 19.4 Å². The Balaban J connectivity index is 1.53. The fraction of sp³-hybridized carbons (Fsp3) is 0.321. The number of imidazole rings is 1. The fourth-order valence-electron chi connectivity index (χ4n) is 5.63. The standard InChI is InChI=1S/C28H27F2N4O3P/c1-4-38(36,5-2)24-12-10-17(15-31-24)16-9-11-19-20(13-16)34-21-14-22(26(34)32-19)33(3)27(35)18-7-6-8-23(25(18)21)37-28(29)30/h6-13,15,21-22,28H,4-5,14H2,1-3H3/t21-,22+/m1/s1/i3D3. The summed E-state index contributed by atoms with van der Waals surface area (Å²) < 4.78 is 71.1. The molecule has 0 N–H and O–H groups in total. The highest BCUT2D eigenvalue weighted by molar-refractivity contribution is 7.71. The number of alkyl halides is 2. The van der Waals surface area contributed by atoms with E-state index in [1.54, 1.807) is 18.3 Å². The highest BCUT2D eigenvalue weighted by Gasteiger charge is 2.45. The summed E-state index contributed by atoms with van der Waals surface area (Å²) in [6.07, 6.45) is 2.88. The fourth-order valence-corrected chi connectivity index (χ4v) is 7.34. The normalized spacial score (nSPS) is 20.1. The molecular weight excluding hydrogens is 509 g/mol. The summed E-state index contributed by atoms with van der Waals surface area (Å²) in [5.41, 5.74) is 3.59. The second-order valence-corrected chi connectivity index (χ2v) is 13.0. The first-order valence-corrected chi connectivity index (χ1v) is 14.5. The molecule has 2 aliphatic rings. The molecule has 7 nitrogen and oxygen atoms in total. The van der Waals surface area contributed by atoms with Crippen LogP contribution in [0.3, 0.4) is 0 Å². The molecule has 0 fully saturated rings. The van der Waals surface area contributed by atoms with E-state index >= 15 is 0 Å². The third kappa shape index (κ3) is 3.67. The van der Waals surface area contributed by atoms with Crippen molar-refractivity contribution in [3.8, 4) is 16.9 Å². The van der Waals surface area contributed by atoms with Gasteiger partial charge >= 0.3 is 6.61 Å². The van der Waals surface area contributed by atoms with Gasteiger partial charge in [-0.05, 0) is 35.9 Å². The number of hydrogen-bond acceptors (Lipinski definition) is 5. The van der Waals surface area contributed by atoms with E-state index in [0.29, 0.717) is 34.6 Å². The van der Waals surface area contributed by atoms with Crippen molar-refractivity contribution in [2.75, 3.05) is 19.3 Å². The van der Waals surface area contributed by atoms with Crippen LogP contribution in [0.5, 0.6) is 5.75 Å². The summed E-state index contributed by atoms with van der Waals surface area (Å²) in [6, 6.07) is 11.8. The molecule has 38 heavy (non-hydrogen) atoms. The summed E-state index contributed by atoms with van der Waals surface area (Å²) in [4.78, 5) is 23.6. The van der Waals surface area contributed by atoms with Crippen molar-refractivity contribution in [1.29, 1.82) is 0 Å². The third-order valence-electron chi connectivity index (χ3n) is 7.67. The number of fused-ring (bicyclic) bond motifs is 9. The minimum atomic E-state index is -3.13. The lowest BCUT2D eigenvalue weighted by molar-refractivity contribution is -0.0507. The first-order valence-electron chi connectivity index (χ1n) is 13.9. The van der Waals surface area contributed by atoms with E-state index in [9.17, 15) is 18.1 Å². The van der Waals surface area contributed by atoms with Crippen LogP contribution in [0.1, 0.15) is 58.2 Å². The summed E-state index contributed by atoms with van der Waals surface area (Å²) in [5.74, 6) is -0.595. The van der Waals surface area contributed by atoms with Crippen LogP contribution < -0.4 is 10.2 Å². The topological polar surface area (TPSA) is 77.3 Å². The molecule has 0 aliphatic carbocycles. The molecule has 2 aliphatic heterocycles. The van der Waals surface area contributed by atoms with Crippen molar-refractivity contribution >= 4 is 29.5 Å². The lowest BCUT2D eigenvalue weighted by Gasteiger charge is -2.24. The maximum absolute atomic E-state index is 13.6. The zero-order chi connectivity index (χ0) is 29.3. The van der Waals surface area contributed by atoms with E-state index in [-0.39, 0.29) is 23.3 Å². The molecule has 6 rings (SSSR count). The number of halogens is 2. The Morgan fingerprint density at radius 2 is 1.92 bits per heavy atom. The zero-order valence-electron chi connectivity index (χ0n) is 23.8. The van der Waals surface area contributed by atoms with E-state index in [1.165, 1.54) is 18.2 Å². The Morgan fingerprint density at radius 3 is 2.61 bits per heavy atom. The predicted molar refractivity (Wildman–Crippen MR) is 142 cm³/mol. The van der Waals surface area contributed by atoms with Crippen LogP contribution in [0.25, 0.3) is 22.2 Å². The number of amides is 1. The van der Waals surface area contributed by atoms with Gasteiger partial charge in [0, 0.05) is 52.7 Å². The van der Waals surface area contributed by atoms with E-state index in [2.05, 4.69) is 4.98 Å². The number of carbonyl (C=O) groups is 1. The lowest BCUT2D eigenvalue weighted by Crippen LogP contribution is -2.30. The monoisotopic (exact) mass is 539 g/mol. The Morgan fingerprint density at radius 1 is 1.13 bits per heavy atom. The Hall–Kier alpha value is -3.58. The number of carbonyl (C=O) groups excluding carboxylic acids is 1. The number of pyridine rings is 1. The van der Waals surface area contributed by atoms with Gasteiger partial charge in [-0.3, -0.25) is 9.78 Å². The molecule has 4 heterocycles. The van der Waals surface area contributed by atoms with Gasteiger partial charge in [-0.2, -0.15) is 8.78 Å². The van der Waals surface area contributed by atoms with Gasteiger partial charge < -0.3 is 18.8 Å². The molecule has 2 bridgehead atoms. The van der Waals surface area contributed by atoms with E-state index in [0.717, 1.165) is 16.0 Å². The number of benzene rings is 2. The largest absolute Gasteiger partial charge is 0.434 e. The number of ether oxygens (including phenoxy) is 1. The summed E-state index contributed by atoms with van der Waals surface area (Å²) >= 11 is 0. The molecule has 1 amide bonds. The van der Waals surface area contributed by atoms with Gasteiger partial charge in [0.1, 0.15) is 18.7 Å². The van der Waals surface area contributed by atoms with Gasteiger partial charge in [0.25, 0.3) is 5.91 Å². The lowest BCUT2D eigenvalue weighted by atomic mass is 9.97. The van der Waals surface area contributed by atoms with E-state index in [1.807, 2.05) is 36.6 Å². The van der Waals surface area contributed by atoms with Crippen LogP contribution in [-0.4, -0.2) is 51.3 Å². The third-order valence-corrected chi connectivity index (χ3v) is 10.8. The van der Waals surface area contributed by atoms with Gasteiger partial charge in [0.05, 0.1) is 28.6 Å². The first-order chi connectivity index (χ1) is 19.5. The molecule has 196 valence electrons. The van der Waals surface area contributed by atoms with Crippen molar-refractivity contribution in [3.05, 3.63) is 71.7 Å². The SMILES string of the molecule is [2H]C([2H])([2H])N1C(=O)c2cccc(OC(F)F)c2[C@H]2C[C@H]1c1nc3ccc(-c4ccc(P(=O)(CC)CC)nc4)cc3n12. The van der Waals surface area contributed by atoms with E-state index < -0.39 is 38.7 Å². The van der Waals surface area contributed by atoms with Gasteiger partial charge in [0.15, 0.2) is 0 Å². The van der Waals surface area contributed by atoms with E-state index in [4.69, 9.17) is 13.8 Å². The van der Waals surface area contributed by atoms with Crippen LogP contribution in [0.4, 0.5) is 8.78 Å². The van der Waals surface area contributed by atoms with Crippen LogP contribution in [0, 0.1) is 0 Å². The van der Waals surface area contributed by atoms with Crippen LogP contribution in [0.2, 0.25) is 0 Å². The number of aromatic nitrogens is 3. The quantitative estimate of drug-likeness (QED) is 0.288. The Kier molecular flexibility index (Phi) is 5.07. The predicted octanol–water partition coefficient (Wildman–Crippen LogP) is 5.85. The molecule has 10 heteroatoms. The number of hydrogen-bond donors (Lipinski definition) is 0. The zero-order valence-corrected chi connectivity index (χ0v) is 21.7. The minimum absolute atomic E-state index is 0.00602. The molecule has 0 saturated carbocycles. The number of nitrogens with zero attached hydrogens (tertiary/aromatic N) is 4. The van der Waals surface area contributed by atoms with Crippen molar-refractivity contribution < 1.29 is 27.0 Å². The van der Waals surface area contributed by atoms with Gasteiger partial charge in [-0.1, -0.05) is 32.0 Å². The summed E-state index contributed by atoms with van der Waals surface area (Å²) in [7, 11) is -2.54. The summed E-state index contributed by atoms with van der Waals surface area (Å²) in [6.45, 7) is -2.14. The van der Waals surface area contributed by atoms with Crippen molar-refractivity contribution in [3.63, 3.8) is 0 Å². The Bertz CT molecular complexity index is 1720. The molecule has 0 radical (unpaired) electrons. The smallest absolute Gasteiger partial charge is 0.387 e. The second-order valence-electron chi connectivity index (χ2n) is 9.51. The van der Waals surface area contributed by atoms with Gasteiger partial charge in [0.2, 0.25) is 0 Å². The van der Waals surface area contributed by atoms with Gasteiger partial charge in [-0.25, -0.2) is 4.98 Å². The average Bonchev–Trinajstić information content (AvgIpc) is 3.44. The molecule has 2 atom stereocenters. The first kappa shape index (κ1) is 21.4. The van der Waals surface area contributed by atoms with Crippen LogP contribution >= 0.6 is 7.14 Å². The molecule has 0 unspecified atom stereocenters. The highest BCUT2D eigenvalue weighted by Crippen LogP contribution is 2.50. The van der Waals surface area contributed by atoms with Crippen molar-refractivity contribution in [2.45, 2.75) is 39.0 Å². The molecule has 2 aromatic carbocycles. The highest BCUT2D eigenvalue weighted by atomic mass is 31.2. The minimum Gasteiger partial charge on any atom is -0.434 e. The van der Waals surface area contributed by atoms with Gasteiger partial charge in [-0.15, -0.1) is 0 Å². The van der Waals surface area contributed by atoms with Crippen molar-refractivity contribution in [2.24, 2.45) is 0 Å². The maximum atomic E-state index is 13.6. The Labute approximate surface area is 223 Å². The molecule has 0 saturated heterocycles. The molecule has 0 spiro atoms. The molecular formula is C28H27F2N4O3P. The molecule has 4 aromatic rings. The maximum Gasteiger partial charge on any atom is 0.387 e. The average molecular weight is 540 g/mol. The molecule has 2 aromatic heterocycles. The number of rotatable bonds is 6. The second kappa shape index (κ2) is 9.02. The van der Waals surface area contributed by atoms with Crippen LogP contribution in [0.15, 0.2) is 54.7 Å².